The SMILES string of the molecule is Nc1cn(C2CCCCC2)nc1-c1ccc(F)cc1F. The summed E-state index contributed by atoms with van der Waals surface area (Å²) in [6.45, 7) is 0. The molecule has 2 aromatic rings. The minimum Gasteiger partial charge on any atom is -0.396 e. The van der Waals surface area contributed by atoms with Crippen LogP contribution >= 0.6 is 0 Å². The third kappa shape index (κ3) is 2.40. The van der Waals surface area contributed by atoms with Crippen LogP contribution < -0.4 is 5.73 Å². The van der Waals surface area contributed by atoms with Gasteiger partial charge >= 0.3 is 0 Å². The average Bonchev–Trinajstić information content (AvgIpc) is 2.82. The van der Waals surface area contributed by atoms with E-state index in [0.29, 0.717) is 17.4 Å². The van der Waals surface area contributed by atoms with Crippen molar-refractivity contribution in [2.24, 2.45) is 0 Å². The second kappa shape index (κ2) is 5.23. The number of nitrogens with zero attached hydrogens (tertiary/aromatic N) is 2. The van der Waals surface area contributed by atoms with Gasteiger partial charge < -0.3 is 5.73 Å². The molecule has 1 fully saturated rings. The number of hydrogen-bond acceptors (Lipinski definition) is 2. The number of nitrogen functional groups attached to an aromatic ring is 1. The first kappa shape index (κ1) is 13.1. The van der Waals surface area contributed by atoms with Gasteiger partial charge in [0.2, 0.25) is 0 Å². The van der Waals surface area contributed by atoms with E-state index in [1.54, 1.807) is 6.20 Å². The summed E-state index contributed by atoms with van der Waals surface area (Å²) < 4.78 is 28.6. The summed E-state index contributed by atoms with van der Waals surface area (Å²) in [5.41, 5.74) is 7.02. The van der Waals surface area contributed by atoms with E-state index < -0.39 is 11.6 Å². The largest absolute Gasteiger partial charge is 0.396 e. The number of nitrogens with two attached hydrogens (primary N) is 1. The molecule has 0 radical (unpaired) electrons. The van der Waals surface area contributed by atoms with E-state index in [-0.39, 0.29) is 5.56 Å². The molecule has 1 saturated carbocycles. The van der Waals surface area contributed by atoms with Crippen molar-refractivity contribution in [3.63, 3.8) is 0 Å². The Balaban J connectivity index is 1.95. The molecule has 3 rings (SSSR count). The maximum Gasteiger partial charge on any atom is 0.135 e. The van der Waals surface area contributed by atoms with Crippen LogP contribution in [0.2, 0.25) is 0 Å². The summed E-state index contributed by atoms with van der Waals surface area (Å²) >= 11 is 0. The van der Waals surface area contributed by atoms with E-state index in [4.69, 9.17) is 5.73 Å². The highest BCUT2D eigenvalue weighted by Gasteiger charge is 2.19. The van der Waals surface area contributed by atoms with Crippen LogP contribution in [0.15, 0.2) is 24.4 Å². The molecule has 1 aromatic heterocycles. The Morgan fingerprint density at radius 1 is 1.15 bits per heavy atom. The molecule has 3 nitrogen and oxygen atoms in total. The lowest BCUT2D eigenvalue weighted by molar-refractivity contribution is 0.330. The highest BCUT2D eigenvalue weighted by Crippen LogP contribution is 2.32. The van der Waals surface area contributed by atoms with Gasteiger partial charge in [-0.25, -0.2) is 8.78 Å². The fraction of sp³-hybridized carbons (Fsp3) is 0.400. The van der Waals surface area contributed by atoms with Crippen LogP contribution in [-0.4, -0.2) is 9.78 Å². The predicted octanol–water partition coefficient (Wildman–Crippen LogP) is 3.92. The Morgan fingerprint density at radius 3 is 2.60 bits per heavy atom. The lowest BCUT2D eigenvalue weighted by Gasteiger charge is -2.21. The van der Waals surface area contributed by atoms with Crippen molar-refractivity contribution in [1.29, 1.82) is 0 Å². The van der Waals surface area contributed by atoms with Crippen molar-refractivity contribution in [3.8, 4) is 11.3 Å². The zero-order valence-corrected chi connectivity index (χ0v) is 11.1. The quantitative estimate of drug-likeness (QED) is 0.904. The van der Waals surface area contributed by atoms with Crippen molar-refractivity contribution in [1.82, 2.24) is 9.78 Å². The molecule has 0 aliphatic heterocycles. The first-order valence-corrected chi connectivity index (χ1v) is 6.95. The first-order chi connectivity index (χ1) is 9.65. The normalized spacial score (nSPS) is 16.5. The molecule has 2 N–H and O–H groups in total. The van der Waals surface area contributed by atoms with Gasteiger partial charge in [-0.05, 0) is 25.0 Å². The molecular formula is C15H17F2N3. The fourth-order valence-electron chi connectivity index (χ4n) is 2.83. The molecule has 0 atom stereocenters. The molecule has 0 spiro atoms. The minimum absolute atomic E-state index is 0.249. The monoisotopic (exact) mass is 277 g/mol. The van der Waals surface area contributed by atoms with Crippen LogP contribution in [0.5, 0.6) is 0 Å². The zero-order chi connectivity index (χ0) is 14.1. The molecule has 106 valence electrons. The summed E-state index contributed by atoms with van der Waals surface area (Å²) in [6, 6.07) is 3.80. The van der Waals surface area contributed by atoms with Gasteiger partial charge in [-0.3, -0.25) is 4.68 Å². The molecule has 0 saturated heterocycles. The summed E-state index contributed by atoms with van der Waals surface area (Å²) in [4.78, 5) is 0. The molecule has 0 unspecified atom stereocenters. The molecule has 1 aliphatic carbocycles. The van der Waals surface area contributed by atoms with Gasteiger partial charge in [-0.15, -0.1) is 0 Å². The Hall–Kier alpha value is -1.91. The number of halogens is 2. The smallest absolute Gasteiger partial charge is 0.135 e. The van der Waals surface area contributed by atoms with Crippen molar-refractivity contribution in [3.05, 3.63) is 36.0 Å². The minimum atomic E-state index is -0.634. The van der Waals surface area contributed by atoms with E-state index >= 15 is 0 Å². The van der Waals surface area contributed by atoms with Crippen molar-refractivity contribution in [2.75, 3.05) is 5.73 Å². The molecule has 0 amide bonds. The zero-order valence-electron chi connectivity index (χ0n) is 11.1. The van der Waals surface area contributed by atoms with Crippen LogP contribution in [0.25, 0.3) is 11.3 Å². The topological polar surface area (TPSA) is 43.8 Å². The van der Waals surface area contributed by atoms with Crippen molar-refractivity contribution < 1.29 is 8.78 Å². The number of benzene rings is 1. The Labute approximate surface area is 116 Å². The molecule has 1 heterocycles. The molecule has 5 heteroatoms. The third-order valence-corrected chi connectivity index (χ3v) is 3.90. The van der Waals surface area contributed by atoms with E-state index in [1.165, 1.54) is 31.4 Å². The second-order valence-electron chi connectivity index (χ2n) is 5.33. The Kier molecular flexibility index (Phi) is 3.42. The summed E-state index contributed by atoms with van der Waals surface area (Å²) in [5.74, 6) is -1.23. The third-order valence-electron chi connectivity index (χ3n) is 3.90. The lowest BCUT2D eigenvalue weighted by Crippen LogP contribution is -2.13. The second-order valence-corrected chi connectivity index (χ2v) is 5.33. The van der Waals surface area contributed by atoms with Gasteiger partial charge in [0, 0.05) is 17.8 Å². The lowest BCUT2D eigenvalue weighted by atomic mass is 9.96. The average molecular weight is 277 g/mol. The molecule has 20 heavy (non-hydrogen) atoms. The Bertz CT molecular complexity index is 616. The van der Waals surface area contributed by atoms with Crippen molar-refractivity contribution >= 4 is 5.69 Å². The van der Waals surface area contributed by atoms with E-state index in [1.807, 2.05) is 4.68 Å². The number of rotatable bonds is 2. The maximum absolute atomic E-state index is 13.8. The molecule has 1 aromatic carbocycles. The van der Waals surface area contributed by atoms with Crippen LogP contribution in [0.3, 0.4) is 0 Å². The van der Waals surface area contributed by atoms with Crippen LogP contribution in [-0.2, 0) is 0 Å². The van der Waals surface area contributed by atoms with Gasteiger partial charge in [0.25, 0.3) is 0 Å². The van der Waals surface area contributed by atoms with Gasteiger partial charge in [0.1, 0.15) is 17.3 Å². The van der Waals surface area contributed by atoms with E-state index in [2.05, 4.69) is 5.10 Å². The van der Waals surface area contributed by atoms with E-state index in [0.717, 1.165) is 18.9 Å². The molecular weight excluding hydrogens is 260 g/mol. The fourth-order valence-corrected chi connectivity index (χ4v) is 2.83. The number of anilines is 1. The molecule has 1 aliphatic rings. The van der Waals surface area contributed by atoms with Crippen LogP contribution in [0, 0.1) is 11.6 Å². The highest BCUT2D eigenvalue weighted by molar-refractivity contribution is 5.72. The maximum atomic E-state index is 13.8. The van der Waals surface area contributed by atoms with Gasteiger partial charge in [0.15, 0.2) is 0 Å². The molecule has 0 bridgehead atoms. The van der Waals surface area contributed by atoms with Crippen LogP contribution in [0.4, 0.5) is 14.5 Å². The van der Waals surface area contributed by atoms with Gasteiger partial charge in [-0.2, -0.15) is 5.10 Å². The Morgan fingerprint density at radius 2 is 1.90 bits per heavy atom. The summed E-state index contributed by atoms with van der Waals surface area (Å²) in [7, 11) is 0. The van der Waals surface area contributed by atoms with Crippen LogP contribution in [0.1, 0.15) is 38.1 Å². The number of hydrogen-bond donors (Lipinski definition) is 1. The van der Waals surface area contributed by atoms with E-state index in [9.17, 15) is 8.78 Å². The van der Waals surface area contributed by atoms with Gasteiger partial charge in [-0.1, -0.05) is 19.3 Å². The number of aromatic nitrogens is 2. The summed E-state index contributed by atoms with van der Waals surface area (Å²) in [5, 5.41) is 4.42. The van der Waals surface area contributed by atoms with Gasteiger partial charge in [0.05, 0.1) is 11.7 Å². The summed E-state index contributed by atoms with van der Waals surface area (Å²) in [6.07, 6.45) is 7.54. The highest BCUT2D eigenvalue weighted by atomic mass is 19.1. The van der Waals surface area contributed by atoms with Crippen molar-refractivity contribution in [2.45, 2.75) is 38.1 Å². The predicted molar refractivity (Wildman–Crippen MR) is 74.1 cm³/mol. The first-order valence-electron chi connectivity index (χ1n) is 6.95. The standard InChI is InChI=1S/C15H17F2N3/c16-10-6-7-12(13(17)8-10)15-14(18)9-20(19-15)11-4-2-1-3-5-11/h6-9,11H,1-5,18H2.